The smallest absolute Gasteiger partial charge is 0.410 e. The molecule has 1 unspecified atom stereocenters. The number of hydrogen-bond acceptors (Lipinski definition) is 3. The Bertz CT molecular complexity index is 532. The molecule has 1 aromatic rings. The lowest BCUT2D eigenvalue weighted by molar-refractivity contribution is 0.0102. The number of nitrogens with one attached hydrogen (secondary N) is 1. The zero-order chi connectivity index (χ0) is 16.4. The molecule has 23 heavy (non-hydrogen) atoms. The Labute approximate surface area is 139 Å². The summed E-state index contributed by atoms with van der Waals surface area (Å²) >= 11 is 0. The second-order valence-corrected chi connectivity index (χ2v) is 7.69. The average Bonchev–Trinajstić information content (AvgIpc) is 3.28. The Morgan fingerprint density at radius 1 is 1.17 bits per heavy atom. The summed E-state index contributed by atoms with van der Waals surface area (Å²) in [5.41, 5.74) is 0.888. The largest absolute Gasteiger partial charge is 0.444 e. The zero-order valence-electron chi connectivity index (χ0n) is 14.4. The summed E-state index contributed by atoms with van der Waals surface area (Å²) in [5, 5.41) is 3.38. The van der Waals surface area contributed by atoms with E-state index in [1.807, 2.05) is 31.7 Å². The number of nitrogens with zero attached hydrogens (tertiary/aromatic N) is 1. The molecule has 3 rings (SSSR count). The minimum absolute atomic E-state index is 0.146. The molecule has 1 saturated heterocycles. The Balaban J connectivity index is 1.75. The minimum atomic E-state index is -0.445. The van der Waals surface area contributed by atoms with E-state index in [0.717, 1.165) is 32.4 Å². The molecule has 1 heterocycles. The van der Waals surface area contributed by atoms with Crippen LogP contribution < -0.4 is 5.32 Å². The van der Waals surface area contributed by atoms with E-state index in [1.165, 1.54) is 5.56 Å². The van der Waals surface area contributed by atoms with Crippen molar-refractivity contribution < 1.29 is 9.53 Å². The third-order valence-corrected chi connectivity index (χ3v) is 4.65. The monoisotopic (exact) mass is 316 g/mol. The number of hydrogen-bond donors (Lipinski definition) is 1. The van der Waals surface area contributed by atoms with Crippen LogP contribution in [-0.4, -0.2) is 41.8 Å². The summed E-state index contributed by atoms with van der Waals surface area (Å²) in [6.45, 7) is 7.77. The van der Waals surface area contributed by atoms with Gasteiger partial charge < -0.3 is 15.0 Å². The topological polar surface area (TPSA) is 41.6 Å². The van der Waals surface area contributed by atoms with E-state index >= 15 is 0 Å². The van der Waals surface area contributed by atoms with Crippen LogP contribution in [0.5, 0.6) is 0 Å². The molecule has 2 fully saturated rings. The molecular weight excluding hydrogens is 288 g/mol. The summed E-state index contributed by atoms with van der Waals surface area (Å²) in [6, 6.07) is 11.1. The first kappa shape index (κ1) is 16.3. The van der Waals surface area contributed by atoms with Crippen molar-refractivity contribution in [2.45, 2.75) is 63.6 Å². The molecule has 2 aliphatic rings. The summed E-state index contributed by atoms with van der Waals surface area (Å²) in [7, 11) is 0. The van der Waals surface area contributed by atoms with E-state index in [9.17, 15) is 4.79 Å². The molecule has 1 N–H and O–H groups in total. The van der Waals surface area contributed by atoms with Gasteiger partial charge in [0.25, 0.3) is 0 Å². The molecule has 4 nitrogen and oxygen atoms in total. The van der Waals surface area contributed by atoms with Gasteiger partial charge in [-0.15, -0.1) is 0 Å². The number of carbonyl (C=O) groups is 1. The fourth-order valence-corrected chi connectivity index (χ4v) is 3.50. The summed E-state index contributed by atoms with van der Waals surface area (Å²) in [5.74, 6) is 0.457. The first-order valence-electron chi connectivity index (χ1n) is 8.73. The molecule has 0 spiro atoms. The third kappa shape index (κ3) is 4.05. The highest BCUT2D eigenvalue weighted by atomic mass is 16.6. The number of amides is 1. The molecule has 1 aliphatic heterocycles. The minimum Gasteiger partial charge on any atom is -0.444 e. The van der Waals surface area contributed by atoms with Crippen molar-refractivity contribution in [1.29, 1.82) is 0 Å². The summed E-state index contributed by atoms with van der Waals surface area (Å²) < 4.78 is 5.71. The normalized spacial score (nSPS) is 25.0. The lowest BCUT2D eigenvalue weighted by atomic mass is 10.0. The van der Waals surface area contributed by atoms with Gasteiger partial charge in [0.15, 0.2) is 0 Å². The second kappa shape index (κ2) is 6.52. The van der Waals surface area contributed by atoms with Crippen LogP contribution in [0.4, 0.5) is 4.79 Å². The molecule has 1 aromatic carbocycles. The highest BCUT2D eigenvalue weighted by Crippen LogP contribution is 2.46. The van der Waals surface area contributed by atoms with E-state index in [1.54, 1.807) is 0 Å². The average molecular weight is 316 g/mol. The molecule has 0 bridgehead atoms. The van der Waals surface area contributed by atoms with Crippen molar-refractivity contribution >= 4 is 6.09 Å². The maximum atomic E-state index is 12.8. The van der Waals surface area contributed by atoms with E-state index in [4.69, 9.17) is 4.74 Å². The van der Waals surface area contributed by atoms with E-state index in [0.29, 0.717) is 12.0 Å². The quantitative estimate of drug-likeness (QED) is 0.927. The molecule has 1 aliphatic carbocycles. The van der Waals surface area contributed by atoms with Crippen LogP contribution in [0.3, 0.4) is 0 Å². The fraction of sp³-hybridized carbons (Fsp3) is 0.632. The van der Waals surface area contributed by atoms with Gasteiger partial charge in [-0.3, -0.25) is 0 Å². The molecule has 126 valence electrons. The number of benzene rings is 1. The highest BCUT2D eigenvalue weighted by molar-refractivity contribution is 5.70. The number of rotatable bonds is 3. The van der Waals surface area contributed by atoms with Crippen molar-refractivity contribution in [3.8, 4) is 0 Å². The predicted molar refractivity (Wildman–Crippen MR) is 91.6 cm³/mol. The van der Waals surface area contributed by atoms with Crippen molar-refractivity contribution in [1.82, 2.24) is 10.2 Å². The standard InChI is InChI=1S/C19H28N2O2/c1-19(2,3)23-18(22)21(15-9-11-20-12-10-15)17-13-16(17)14-7-5-4-6-8-14/h4-8,15-17,20H,9-13H2,1-3H3/t16-,17?/m0/s1. The number of carbonyl (C=O) groups excluding carboxylic acids is 1. The number of piperidine rings is 1. The molecular formula is C19H28N2O2. The SMILES string of the molecule is CC(C)(C)OC(=O)N(C1CCNCC1)C1C[C@H]1c1ccccc1. The van der Waals surface area contributed by atoms with E-state index < -0.39 is 5.60 Å². The van der Waals surface area contributed by atoms with Gasteiger partial charge in [-0.05, 0) is 58.7 Å². The first-order chi connectivity index (χ1) is 11.0. The third-order valence-electron chi connectivity index (χ3n) is 4.65. The van der Waals surface area contributed by atoms with Crippen molar-refractivity contribution in [2.24, 2.45) is 0 Å². The molecule has 1 saturated carbocycles. The maximum absolute atomic E-state index is 12.8. The molecule has 2 atom stereocenters. The van der Waals surface area contributed by atoms with Crippen LogP contribution in [-0.2, 0) is 4.74 Å². The van der Waals surface area contributed by atoms with Gasteiger partial charge in [-0.1, -0.05) is 30.3 Å². The van der Waals surface area contributed by atoms with Crippen molar-refractivity contribution in [3.63, 3.8) is 0 Å². The Morgan fingerprint density at radius 2 is 1.83 bits per heavy atom. The van der Waals surface area contributed by atoms with Gasteiger partial charge in [0.1, 0.15) is 5.60 Å². The molecule has 4 heteroatoms. The maximum Gasteiger partial charge on any atom is 0.410 e. The van der Waals surface area contributed by atoms with Crippen LogP contribution >= 0.6 is 0 Å². The Hall–Kier alpha value is -1.55. The molecule has 0 aromatic heterocycles. The van der Waals surface area contributed by atoms with Gasteiger partial charge in [0.2, 0.25) is 0 Å². The zero-order valence-corrected chi connectivity index (χ0v) is 14.4. The van der Waals surface area contributed by atoms with E-state index in [-0.39, 0.29) is 12.1 Å². The van der Waals surface area contributed by atoms with Gasteiger partial charge in [-0.25, -0.2) is 4.79 Å². The number of ether oxygens (including phenoxy) is 1. The highest BCUT2D eigenvalue weighted by Gasteiger charge is 2.48. The van der Waals surface area contributed by atoms with Crippen LogP contribution in [0.25, 0.3) is 0 Å². The molecule has 1 amide bonds. The summed E-state index contributed by atoms with van der Waals surface area (Å²) in [6.07, 6.45) is 2.93. The lowest BCUT2D eigenvalue weighted by Crippen LogP contribution is -2.49. The Morgan fingerprint density at radius 3 is 2.43 bits per heavy atom. The van der Waals surface area contributed by atoms with Crippen molar-refractivity contribution in [2.75, 3.05) is 13.1 Å². The van der Waals surface area contributed by atoms with Gasteiger partial charge in [0.05, 0.1) is 0 Å². The van der Waals surface area contributed by atoms with Gasteiger partial charge in [0, 0.05) is 18.0 Å². The van der Waals surface area contributed by atoms with E-state index in [2.05, 4.69) is 29.6 Å². The van der Waals surface area contributed by atoms with Gasteiger partial charge >= 0.3 is 6.09 Å². The van der Waals surface area contributed by atoms with Gasteiger partial charge in [-0.2, -0.15) is 0 Å². The fourth-order valence-electron chi connectivity index (χ4n) is 3.50. The van der Waals surface area contributed by atoms with Crippen LogP contribution in [0.2, 0.25) is 0 Å². The van der Waals surface area contributed by atoms with Crippen LogP contribution in [0, 0.1) is 0 Å². The lowest BCUT2D eigenvalue weighted by Gasteiger charge is -2.36. The predicted octanol–water partition coefficient (Wildman–Crippen LogP) is 3.53. The second-order valence-electron chi connectivity index (χ2n) is 7.69. The van der Waals surface area contributed by atoms with Crippen LogP contribution in [0.15, 0.2) is 30.3 Å². The first-order valence-corrected chi connectivity index (χ1v) is 8.73. The van der Waals surface area contributed by atoms with Crippen LogP contribution in [0.1, 0.15) is 51.5 Å². The Kier molecular flexibility index (Phi) is 4.62. The van der Waals surface area contributed by atoms with Crippen molar-refractivity contribution in [3.05, 3.63) is 35.9 Å². The molecule has 0 radical (unpaired) electrons. The summed E-state index contributed by atoms with van der Waals surface area (Å²) in [4.78, 5) is 14.8.